The Morgan fingerprint density at radius 1 is 1.38 bits per heavy atom. The molecule has 0 N–H and O–H groups in total. The summed E-state index contributed by atoms with van der Waals surface area (Å²) >= 11 is 1.29. The maximum atomic E-state index is 11.8. The van der Waals surface area contributed by atoms with Crippen LogP contribution in [0.4, 0.5) is 0 Å². The third kappa shape index (κ3) is 3.57. The van der Waals surface area contributed by atoms with E-state index in [1.807, 2.05) is 6.92 Å². The Morgan fingerprint density at radius 3 is 2.76 bits per heavy atom. The van der Waals surface area contributed by atoms with Crippen LogP contribution in [0.25, 0.3) is 0 Å². The van der Waals surface area contributed by atoms with Gasteiger partial charge in [-0.3, -0.25) is 4.79 Å². The summed E-state index contributed by atoms with van der Waals surface area (Å²) in [5, 5.41) is 8.84. The zero-order valence-corrected chi connectivity index (χ0v) is 13.3. The Balaban J connectivity index is 1.52. The van der Waals surface area contributed by atoms with Crippen molar-refractivity contribution in [2.24, 2.45) is 0 Å². The molecule has 0 bridgehead atoms. The largest absolute Gasteiger partial charge is 0.461 e. The number of sulfone groups is 1. The van der Waals surface area contributed by atoms with Crippen molar-refractivity contribution in [1.29, 1.82) is 0 Å². The lowest BCUT2D eigenvalue weighted by Gasteiger charge is -2.10. The summed E-state index contributed by atoms with van der Waals surface area (Å²) < 4.78 is 29.9. The summed E-state index contributed by atoms with van der Waals surface area (Å²) in [6.07, 6.45) is 2.15. The van der Waals surface area contributed by atoms with Crippen LogP contribution in [0.15, 0.2) is 5.16 Å². The number of hydrogen-bond acceptors (Lipinski definition) is 7. The molecule has 1 aliphatic heterocycles. The van der Waals surface area contributed by atoms with Gasteiger partial charge in [0.25, 0.3) is 0 Å². The molecule has 0 unspecified atom stereocenters. The molecule has 21 heavy (non-hydrogen) atoms. The Bertz CT molecular complexity index is 651. The molecule has 1 aliphatic carbocycles. The summed E-state index contributed by atoms with van der Waals surface area (Å²) in [6.45, 7) is 1.90. The standard InChI is InChI=1S/C12H17N3O4S2/c1-8-13-14-12(15(8)9-2-3-9)20-6-11(16)19-10-4-5-21(17,18)7-10/h9-10H,2-7H2,1H3/t10-/m1/s1. The Labute approximate surface area is 127 Å². The van der Waals surface area contributed by atoms with E-state index in [0.29, 0.717) is 12.5 Å². The third-order valence-corrected chi connectivity index (χ3v) is 6.21. The van der Waals surface area contributed by atoms with Gasteiger partial charge in [0.1, 0.15) is 11.9 Å². The topological polar surface area (TPSA) is 91.2 Å². The van der Waals surface area contributed by atoms with Crippen molar-refractivity contribution < 1.29 is 17.9 Å². The molecule has 9 heteroatoms. The van der Waals surface area contributed by atoms with E-state index in [4.69, 9.17) is 4.74 Å². The Morgan fingerprint density at radius 2 is 2.14 bits per heavy atom. The number of aromatic nitrogens is 3. The quantitative estimate of drug-likeness (QED) is 0.580. The molecule has 0 spiro atoms. The van der Waals surface area contributed by atoms with E-state index >= 15 is 0 Å². The van der Waals surface area contributed by atoms with Crippen molar-refractivity contribution >= 4 is 27.6 Å². The van der Waals surface area contributed by atoms with Gasteiger partial charge >= 0.3 is 5.97 Å². The van der Waals surface area contributed by atoms with Crippen LogP contribution >= 0.6 is 11.8 Å². The highest BCUT2D eigenvalue weighted by Gasteiger charge is 2.31. The van der Waals surface area contributed by atoms with Gasteiger partial charge in [-0.15, -0.1) is 10.2 Å². The molecule has 1 aromatic rings. The number of esters is 1. The molecular formula is C12H17N3O4S2. The van der Waals surface area contributed by atoms with Crippen molar-refractivity contribution in [3.05, 3.63) is 5.82 Å². The molecular weight excluding hydrogens is 314 g/mol. The van der Waals surface area contributed by atoms with E-state index in [1.165, 1.54) is 11.8 Å². The smallest absolute Gasteiger partial charge is 0.316 e. The molecule has 0 aromatic carbocycles. The fourth-order valence-electron chi connectivity index (χ4n) is 2.40. The maximum Gasteiger partial charge on any atom is 0.316 e. The molecule has 1 aromatic heterocycles. The molecule has 3 rings (SSSR count). The zero-order chi connectivity index (χ0) is 15.0. The van der Waals surface area contributed by atoms with Gasteiger partial charge in [0, 0.05) is 6.04 Å². The van der Waals surface area contributed by atoms with Crippen LogP contribution in [0.2, 0.25) is 0 Å². The van der Waals surface area contributed by atoms with Crippen LogP contribution in [0.5, 0.6) is 0 Å². The summed E-state index contributed by atoms with van der Waals surface area (Å²) in [5.74, 6) is 0.635. The van der Waals surface area contributed by atoms with E-state index < -0.39 is 21.9 Å². The zero-order valence-electron chi connectivity index (χ0n) is 11.7. The fraction of sp³-hybridized carbons (Fsp3) is 0.750. The number of carbonyl (C=O) groups is 1. The molecule has 2 fully saturated rings. The maximum absolute atomic E-state index is 11.8. The number of aryl methyl sites for hydroxylation is 1. The first-order valence-corrected chi connectivity index (χ1v) is 9.69. The van der Waals surface area contributed by atoms with E-state index in [1.54, 1.807) is 0 Å². The molecule has 2 heterocycles. The predicted octanol–water partition coefficient (Wildman–Crippen LogP) is 0.744. The van der Waals surface area contributed by atoms with Gasteiger partial charge in [-0.05, 0) is 26.2 Å². The van der Waals surface area contributed by atoms with Crippen molar-refractivity contribution in [2.75, 3.05) is 17.3 Å². The summed E-state index contributed by atoms with van der Waals surface area (Å²) in [4.78, 5) is 11.8. The second-order valence-electron chi connectivity index (χ2n) is 5.43. The minimum atomic E-state index is -3.03. The van der Waals surface area contributed by atoms with Gasteiger partial charge in [-0.25, -0.2) is 8.42 Å². The molecule has 0 amide bonds. The van der Waals surface area contributed by atoms with E-state index in [0.717, 1.165) is 23.8 Å². The average molecular weight is 331 g/mol. The first kappa shape index (κ1) is 14.8. The van der Waals surface area contributed by atoms with Crippen LogP contribution in [-0.4, -0.2) is 52.5 Å². The number of thioether (sulfide) groups is 1. The normalized spacial score (nSPS) is 24.1. The van der Waals surface area contributed by atoms with Crippen LogP contribution in [0.1, 0.15) is 31.1 Å². The average Bonchev–Trinajstić information content (AvgIpc) is 3.09. The third-order valence-electron chi connectivity index (χ3n) is 3.55. The SMILES string of the molecule is Cc1nnc(SCC(=O)O[C@@H]2CCS(=O)(=O)C2)n1C1CC1. The summed E-state index contributed by atoms with van der Waals surface area (Å²) in [7, 11) is -3.03. The number of carbonyl (C=O) groups excluding carboxylic acids is 1. The molecule has 0 radical (unpaired) electrons. The lowest BCUT2D eigenvalue weighted by molar-refractivity contribution is -0.144. The van der Waals surface area contributed by atoms with E-state index in [-0.39, 0.29) is 17.3 Å². The number of hydrogen-bond donors (Lipinski definition) is 0. The monoisotopic (exact) mass is 331 g/mol. The first-order chi connectivity index (χ1) is 9.94. The van der Waals surface area contributed by atoms with Crippen molar-refractivity contribution in [3.8, 4) is 0 Å². The van der Waals surface area contributed by atoms with Gasteiger partial charge in [-0.1, -0.05) is 11.8 Å². The van der Waals surface area contributed by atoms with Crippen LogP contribution in [0, 0.1) is 6.92 Å². The van der Waals surface area contributed by atoms with Crippen molar-refractivity contribution in [2.45, 2.75) is 43.5 Å². The minimum absolute atomic E-state index is 0.0548. The van der Waals surface area contributed by atoms with Crippen LogP contribution < -0.4 is 0 Å². The molecule has 1 saturated heterocycles. The summed E-state index contributed by atoms with van der Waals surface area (Å²) in [6, 6.07) is 0.457. The number of nitrogens with zero attached hydrogens (tertiary/aromatic N) is 3. The Hall–Kier alpha value is -1.09. The highest BCUT2D eigenvalue weighted by Crippen LogP contribution is 2.38. The van der Waals surface area contributed by atoms with Crippen LogP contribution in [0.3, 0.4) is 0 Å². The number of rotatable bonds is 5. The minimum Gasteiger partial charge on any atom is -0.461 e. The Kier molecular flexibility index (Phi) is 3.96. The van der Waals surface area contributed by atoms with Crippen LogP contribution in [-0.2, 0) is 19.4 Å². The molecule has 1 saturated carbocycles. The van der Waals surface area contributed by atoms with Crippen molar-refractivity contribution in [1.82, 2.24) is 14.8 Å². The van der Waals surface area contributed by atoms with Gasteiger partial charge in [0.2, 0.25) is 0 Å². The van der Waals surface area contributed by atoms with E-state index in [9.17, 15) is 13.2 Å². The first-order valence-electron chi connectivity index (χ1n) is 6.89. The highest BCUT2D eigenvalue weighted by atomic mass is 32.2. The lowest BCUT2D eigenvalue weighted by atomic mass is 10.3. The van der Waals surface area contributed by atoms with Gasteiger partial charge in [-0.2, -0.15) is 0 Å². The molecule has 1 atom stereocenters. The molecule has 7 nitrogen and oxygen atoms in total. The molecule has 2 aliphatic rings. The summed E-state index contributed by atoms with van der Waals surface area (Å²) in [5.41, 5.74) is 0. The highest BCUT2D eigenvalue weighted by molar-refractivity contribution is 7.99. The lowest BCUT2D eigenvalue weighted by Crippen LogP contribution is -2.20. The van der Waals surface area contributed by atoms with E-state index in [2.05, 4.69) is 14.8 Å². The van der Waals surface area contributed by atoms with Gasteiger partial charge in [0.05, 0.1) is 17.3 Å². The van der Waals surface area contributed by atoms with Gasteiger partial charge < -0.3 is 9.30 Å². The fourth-order valence-corrected chi connectivity index (χ4v) is 4.82. The second kappa shape index (κ2) is 5.60. The predicted molar refractivity (Wildman–Crippen MR) is 76.9 cm³/mol. The molecule has 116 valence electrons. The second-order valence-corrected chi connectivity index (χ2v) is 8.61. The van der Waals surface area contributed by atoms with Crippen molar-refractivity contribution in [3.63, 3.8) is 0 Å². The van der Waals surface area contributed by atoms with Gasteiger partial charge in [0.15, 0.2) is 15.0 Å². The number of ether oxygens (including phenoxy) is 1.